The fourth-order valence-corrected chi connectivity index (χ4v) is 11.9. The van der Waals surface area contributed by atoms with Gasteiger partial charge in [0.2, 0.25) is 19.2 Å². The second kappa shape index (κ2) is 18.5. The van der Waals surface area contributed by atoms with Crippen LogP contribution in [0.25, 0.3) is 22.3 Å². The number of nitrogens with zero attached hydrogens (tertiary/aromatic N) is 3. The Morgan fingerprint density at radius 3 is 2.44 bits per heavy atom. The smallest absolute Gasteiger partial charge is 0.408 e. The summed E-state index contributed by atoms with van der Waals surface area (Å²) in [5.41, 5.74) is 1.49. The molecule has 1 saturated heterocycles. The number of anilines is 1. The van der Waals surface area contributed by atoms with Crippen molar-refractivity contribution in [3.05, 3.63) is 72.1 Å². The van der Waals surface area contributed by atoms with Gasteiger partial charge in [-0.25, -0.2) is 14.8 Å². The number of methoxy groups -OCH3 is 2. The number of alkyl carbamates (subject to hydrolysis) is 1. The zero-order chi connectivity index (χ0) is 45.3. The monoisotopic (exact) mass is 902 g/mol. The number of thiazole rings is 1. The highest BCUT2D eigenvalue weighted by Crippen LogP contribution is 2.71. The van der Waals surface area contributed by atoms with Crippen molar-refractivity contribution in [2.45, 2.75) is 115 Å². The molecular weight excluding hydrogens is 844 g/mol. The van der Waals surface area contributed by atoms with Gasteiger partial charge in [-0.1, -0.05) is 45.0 Å². The highest BCUT2D eigenvalue weighted by Gasteiger charge is 2.66. The third-order valence-corrected chi connectivity index (χ3v) is 15.5. The van der Waals surface area contributed by atoms with E-state index in [0.717, 1.165) is 30.8 Å². The molecule has 15 nitrogen and oxygen atoms in total. The Bertz CT molecular complexity index is 2400. The summed E-state index contributed by atoms with van der Waals surface area (Å²) in [5, 5.41) is 10.9. The summed E-state index contributed by atoms with van der Waals surface area (Å²) in [4.78, 5) is 66.1. The molecule has 1 aliphatic heterocycles. The minimum atomic E-state index is -4.20. The van der Waals surface area contributed by atoms with E-state index < -0.39 is 60.1 Å². The van der Waals surface area contributed by atoms with Gasteiger partial charge in [0.1, 0.15) is 52.5 Å². The SMILES string of the molecule is C=C[C@@H]1C[C@]1(NC(=O)[C@@H]1C[C@@H](Oc2cc(-c3csc(NC(C)C)n3)nc3cc(OC)ccc23)CN1C(=O)[C@@H](NC(=O)OC1CCCC1)C(C)(C)C)P(=O)(O)Cc1ccccc1OC. The van der Waals surface area contributed by atoms with Gasteiger partial charge in [0.25, 0.3) is 0 Å². The van der Waals surface area contributed by atoms with Crippen molar-refractivity contribution in [1.82, 2.24) is 25.5 Å². The van der Waals surface area contributed by atoms with E-state index >= 15 is 0 Å². The minimum absolute atomic E-state index is 0.0342. The number of likely N-dealkylation sites (tertiary alicyclic amines) is 1. The lowest BCUT2D eigenvalue weighted by Gasteiger charge is -2.36. The maximum Gasteiger partial charge on any atom is 0.408 e. The molecule has 2 aliphatic carbocycles. The molecule has 7 rings (SSSR count). The maximum absolute atomic E-state index is 14.9. The van der Waals surface area contributed by atoms with E-state index in [4.69, 9.17) is 28.9 Å². The molecule has 0 bridgehead atoms. The minimum Gasteiger partial charge on any atom is -0.497 e. The van der Waals surface area contributed by atoms with Crippen molar-refractivity contribution in [1.29, 1.82) is 0 Å². The number of fused-ring (bicyclic) bond motifs is 1. The molecule has 4 aromatic rings. The standard InChI is InChI=1S/C46H59N6O9PS/c1-9-29-23-46(29,62(56,57)25-28-14-10-13-17-38(28)59-8)51-41(53)37-21-32(24-52(37)42(54)40(45(4,5)6)50-44(55)61-30-15-11-12-16-30)60-39-22-35(36-26-63-43(49-36)47-27(2)3)48-34-20-31(58-7)18-19-33(34)39/h9-10,13-14,17-20,22,26-27,29-30,32,37,40H,1,11-12,15-16,21,23-25H2,2-8H3,(H,47,49)(H,50,55)(H,51,53)(H,56,57)/t29-,32-,37+,40-,46+/m1/s1. The lowest BCUT2D eigenvalue weighted by molar-refractivity contribution is -0.142. The Labute approximate surface area is 372 Å². The third kappa shape index (κ3) is 9.98. The number of nitrogens with one attached hydrogen (secondary N) is 3. The van der Waals surface area contributed by atoms with E-state index in [1.54, 1.807) is 55.7 Å². The molecule has 6 atom stereocenters. The second-order valence-electron chi connectivity index (χ2n) is 18.1. The Balaban J connectivity index is 1.23. The number of pyridine rings is 1. The van der Waals surface area contributed by atoms with E-state index in [1.807, 2.05) is 46.1 Å². The Hall–Kier alpha value is -5.18. The van der Waals surface area contributed by atoms with Crippen molar-refractivity contribution in [2.75, 3.05) is 26.1 Å². The van der Waals surface area contributed by atoms with Crippen molar-refractivity contribution >= 4 is 52.6 Å². The number of hydrogen-bond donors (Lipinski definition) is 4. The first-order chi connectivity index (χ1) is 29.9. The average Bonchev–Trinajstić information content (AvgIpc) is 3.63. The van der Waals surface area contributed by atoms with Crippen LogP contribution in [0.2, 0.25) is 0 Å². The fraction of sp³-hybridized carbons (Fsp3) is 0.500. The summed E-state index contributed by atoms with van der Waals surface area (Å²) < 4.78 is 38.1. The molecular formula is C46H59N6O9PS. The number of amides is 3. The zero-order valence-electron chi connectivity index (χ0n) is 37.0. The number of rotatable bonds is 16. The number of ether oxygens (including phenoxy) is 4. The molecule has 17 heteroatoms. The first-order valence-corrected chi connectivity index (χ1v) is 24.2. The van der Waals surface area contributed by atoms with E-state index in [0.29, 0.717) is 45.1 Å². The van der Waals surface area contributed by atoms with Crippen molar-refractivity contribution in [3.8, 4) is 28.6 Å². The Kier molecular flexibility index (Phi) is 13.5. The number of aromatic nitrogens is 2. The lowest BCUT2D eigenvalue weighted by atomic mass is 9.85. The largest absolute Gasteiger partial charge is 0.497 e. The van der Waals surface area contributed by atoms with Crippen LogP contribution in [0.3, 0.4) is 0 Å². The first kappa shape index (κ1) is 45.8. The first-order valence-electron chi connectivity index (χ1n) is 21.5. The molecule has 0 spiro atoms. The van der Waals surface area contributed by atoms with Crippen molar-refractivity contribution in [2.24, 2.45) is 11.3 Å². The van der Waals surface area contributed by atoms with Gasteiger partial charge in [-0.15, -0.1) is 17.9 Å². The van der Waals surface area contributed by atoms with Gasteiger partial charge in [0.05, 0.1) is 38.1 Å². The molecule has 3 heterocycles. The molecule has 1 unspecified atom stereocenters. The fourth-order valence-electron chi connectivity index (χ4n) is 8.60. The third-order valence-electron chi connectivity index (χ3n) is 12.1. The molecule has 0 radical (unpaired) electrons. The van der Waals surface area contributed by atoms with Crippen LogP contribution < -0.4 is 30.2 Å². The molecule has 2 aromatic heterocycles. The molecule has 63 heavy (non-hydrogen) atoms. The normalized spacial score (nSPS) is 22.6. The zero-order valence-corrected chi connectivity index (χ0v) is 38.7. The number of benzene rings is 2. The molecule has 338 valence electrons. The Morgan fingerprint density at radius 1 is 1.03 bits per heavy atom. The van der Waals surface area contributed by atoms with Gasteiger partial charge in [-0.3, -0.25) is 14.2 Å². The van der Waals surface area contributed by atoms with Crippen LogP contribution in [0, 0.1) is 11.3 Å². The van der Waals surface area contributed by atoms with E-state index in [2.05, 4.69) is 22.5 Å². The van der Waals surface area contributed by atoms with E-state index in [1.165, 1.54) is 23.3 Å². The molecule has 2 aromatic carbocycles. The number of hydrogen-bond acceptors (Lipinski definition) is 12. The summed E-state index contributed by atoms with van der Waals surface area (Å²) in [6.45, 7) is 13.4. The van der Waals surface area contributed by atoms with Crippen LogP contribution in [0.1, 0.15) is 78.7 Å². The van der Waals surface area contributed by atoms with Gasteiger partial charge in [0.15, 0.2) is 5.13 Å². The van der Waals surface area contributed by atoms with Crippen LogP contribution in [-0.2, 0) is 25.1 Å². The van der Waals surface area contributed by atoms with Crippen molar-refractivity contribution in [3.63, 3.8) is 0 Å². The lowest BCUT2D eigenvalue weighted by Crippen LogP contribution is -2.58. The van der Waals surface area contributed by atoms with Gasteiger partial charge >= 0.3 is 6.09 Å². The number of carbonyl (C=O) groups is 3. The highest BCUT2D eigenvalue weighted by molar-refractivity contribution is 7.59. The predicted octanol–water partition coefficient (Wildman–Crippen LogP) is 8.12. The topological polar surface area (TPSA) is 191 Å². The summed E-state index contributed by atoms with van der Waals surface area (Å²) in [6.07, 6.45) is 3.31. The Morgan fingerprint density at radius 2 is 1.78 bits per heavy atom. The van der Waals surface area contributed by atoms with Gasteiger partial charge in [0, 0.05) is 46.8 Å². The van der Waals surface area contributed by atoms with E-state index in [9.17, 15) is 23.8 Å². The van der Waals surface area contributed by atoms with Crippen LogP contribution in [0.15, 0.2) is 66.6 Å². The van der Waals surface area contributed by atoms with E-state index in [-0.39, 0.29) is 37.7 Å². The van der Waals surface area contributed by atoms with Gasteiger partial charge in [-0.2, -0.15) is 0 Å². The molecule has 2 saturated carbocycles. The predicted molar refractivity (Wildman–Crippen MR) is 244 cm³/mol. The second-order valence-corrected chi connectivity index (χ2v) is 21.5. The summed E-state index contributed by atoms with van der Waals surface area (Å²) in [7, 11) is -1.13. The average molecular weight is 903 g/mol. The molecule has 3 amide bonds. The van der Waals surface area contributed by atoms with Crippen LogP contribution >= 0.6 is 18.7 Å². The van der Waals surface area contributed by atoms with Crippen LogP contribution in [0.4, 0.5) is 9.93 Å². The molecule has 4 N–H and O–H groups in total. The number of para-hydroxylation sites is 1. The summed E-state index contributed by atoms with van der Waals surface area (Å²) in [6, 6.07) is 12.2. The molecule has 3 aliphatic rings. The van der Waals surface area contributed by atoms with Crippen LogP contribution in [-0.4, -0.2) is 94.0 Å². The van der Waals surface area contributed by atoms with Gasteiger partial charge < -0.3 is 44.7 Å². The highest BCUT2D eigenvalue weighted by atomic mass is 32.1. The van der Waals surface area contributed by atoms with Gasteiger partial charge in [-0.05, 0) is 69.6 Å². The number of carbonyl (C=O) groups excluding carboxylic acids is 3. The maximum atomic E-state index is 14.9. The molecule has 3 fully saturated rings. The summed E-state index contributed by atoms with van der Waals surface area (Å²) in [5.74, 6) is -0.127. The summed E-state index contributed by atoms with van der Waals surface area (Å²) >= 11 is 1.46. The quantitative estimate of drug-likeness (QED) is 0.0625. The van der Waals surface area contributed by atoms with Crippen molar-refractivity contribution < 1.29 is 42.8 Å². The van der Waals surface area contributed by atoms with Crippen LogP contribution in [0.5, 0.6) is 17.2 Å².